The number of hydrogen-bond acceptors (Lipinski definition) is 6. The van der Waals surface area contributed by atoms with Gasteiger partial charge in [0, 0.05) is 26.2 Å². The first kappa shape index (κ1) is 10.8. The van der Waals surface area contributed by atoms with Crippen LogP contribution in [-0.4, -0.2) is 60.6 Å². The van der Waals surface area contributed by atoms with E-state index in [9.17, 15) is 0 Å². The fraction of sp³-hybridized carbons (Fsp3) is 0.455. The van der Waals surface area contributed by atoms with E-state index in [0.29, 0.717) is 5.65 Å². The molecule has 0 aliphatic carbocycles. The molecule has 0 bridgehead atoms. The van der Waals surface area contributed by atoms with Gasteiger partial charge < -0.3 is 10.3 Å². The first-order valence-corrected chi connectivity index (χ1v) is 6.36. The summed E-state index contributed by atoms with van der Waals surface area (Å²) in [6, 6.07) is 0. The Kier molecular flexibility index (Phi) is 2.42. The maximum absolute atomic E-state index is 4.31. The lowest BCUT2D eigenvalue weighted by Gasteiger charge is -2.26. The molecule has 0 aromatic carbocycles. The molecule has 3 aromatic rings. The second kappa shape index (κ2) is 4.25. The second-order valence-corrected chi connectivity index (χ2v) is 4.68. The lowest BCUT2D eigenvalue weighted by molar-refractivity contribution is 0.227. The number of fused-ring (bicyclic) bond motifs is 3. The molecule has 0 radical (unpaired) electrons. The van der Waals surface area contributed by atoms with E-state index < -0.39 is 0 Å². The summed E-state index contributed by atoms with van der Waals surface area (Å²) in [5.74, 6) is 0.918. The number of hydrogen-bond donors (Lipinski definition) is 2. The Morgan fingerprint density at radius 3 is 2.95 bits per heavy atom. The minimum atomic E-state index is 0.675. The van der Waals surface area contributed by atoms with Gasteiger partial charge in [-0.2, -0.15) is 0 Å². The highest BCUT2D eigenvalue weighted by Gasteiger charge is 2.15. The molecule has 3 aromatic heterocycles. The predicted octanol–water partition coefficient (Wildman–Crippen LogP) is -0.594. The summed E-state index contributed by atoms with van der Waals surface area (Å²) in [5.41, 5.74) is 2.29. The van der Waals surface area contributed by atoms with Gasteiger partial charge in [-0.1, -0.05) is 0 Å². The minimum Gasteiger partial charge on any atom is -0.340 e. The molecule has 1 saturated heterocycles. The van der Waals surface area contributed by atoms with E-state index in [2.05, 4.69) is 35.4 Å². The molecule has 2 N–H and O–H groups in total. The third-order valence-corrected chi connectivity index (χ3v) is 3.48. The molecular weight excluding hydrogens is 244 g/mol. The number of piperazine rings is 1. The maximum Gasteiger partial charge on any atom is 0.189 e. The van der Waals surface area contributed by atoms with Gasteiger partial charge in [-0.25, -0.2) is 9.97 Å². The van der Waals surface area contributed by atoms with E-state index in [-0.39, 0.29) is 0 Å². The van der Waals surface area contributed by atoms with Crippen LogP contribution in [0, 0.1) is 0 Å². The van der Waals surface area contributed by atoms with E-state index >= 15 is 0 Å². The van der Waals surface area contributed by atoms with Crippen LogP contribution >= 0.6 is 0 Å². The Morgan fingerprint density at radius 2 is 2.05 bits per heavy atom. The van der Waals surface area contributed by atoms with Crippen molar-refractivity contribution in [1.82, 2.24) is 39.8 Å². The third-order valence-electron chi connectivity index (χ3n) is 3.48. The molecule has 0 unspecified atom stereocenters. The molecule has 98 valence electrons. The summed E-state index contributed by atoms with van der Waals surface area (Å²) in [7, 11) is 0. The van der Waals surface area contributed by atoms with Crippen LogP contribution in [0.15, 0.2) is 12.7 Å². The lowest BCUT2D eigenvalue weighted by Crippen LogP contribution is -2.43. The van der Waals surface area contributed by atoms with Crippen LogP contribution in [0.3, 0.4) is 0 Å². The van der Waals surface area contributed by atoms with Crippen molar-refractivity contribution in [3.8, 4) is 0 Å². The standard InChI is InChI=1S/C11H14N8/c1-3-18(4-2-12-1)5-8-16-17-11-9-10(14-6-13-9)15-7-19(8)11/h6-7,12H,1-5H2,(H,13,14). The van der Waals surface area contributed by atoms with E-state index in [1.165, 1.54) is 0 Å². The van der Waals surface area contributed by atoms with E-state index in [1.807, 2.05) is 4.40 Å². The highest BCUT2D eigenvalue weighted by atomic mass is 15.3. The number of rotatable bonds is 2. The van der Waals surface area contributed by atoms with E-state index in [0.717, 1.165) is 49.7 Å². The summed E-state index contributed by atoms with van der Waals surface area (Å²) in [6.45, 7) is 4.92. The van der Waals surface area contributed by atoms with Crippen LogP contribution in [-0.2, 0) is 6.54 Å². The van der Waals surface area contributed by atoms with Crippen LogP contribution in [0.4, 0.5) is 0 Å². The SMILES string of the molecule is c1nc2ncn3c(CN4CCNCC4)nnc3c2[nH]1. The summed E-state index contributed by atoms with van der Waals surface area (Å²) in [4.78, 5) is 13.9. The molecular formula is C11H14N8. The molecule has 1 fully saturated rings. The molecule has 0 saturated carbocycles. The van der Waals surface area contributed by atoms with Crippen molar-refractivity contribution in [2.24, 2.45) is 0 Å². The average molecular weight is 258 g/mol. The smallest absolute Gasteiger partial charge is 0.189 e. The summed E-state index contributed by atoms with van der Waals surface area (Å²) >= 11 is 0. The highest BCUT2D eigenvalue weighted by Crippen LogP contribution is 2.13. The zero-order valence-corrected chi connectivity index (χ0v) is 10.4. The van der Waals surface area contributed by atoms with Crippen molar-refractivity contribution in [3.05, 3.63) is 18.5 Å². The largest absolute Gasteiger partial charge is 0.340 e. The van der Waals surface area contributed by atoms with Crippen molar-refractivity contribution in [2.75, 3.05) is 26.2 Å². The Labute approximate surface area is 108 Å². The monoisotopic (exact) mass is 258 g/mol. The molecule has 1 aliphatic rings. The number of aromatic amines is 1. The van der Waals surface area contributed by atoms with Crippen molar-refractivity contribution in [1.29, 1.82) is 0 Å². The number of nitrogens with one attached hydrogen (secondary N) is 2. The van der Waals surface area contributed by atoms with E-state index in [4.69, 9.17) is 0 Å². The van der Waals surface area contributed by atoms with Crippen LogP contribution in [0.5, 0.6) is 0 Å². The molecule has 0 atom stereocenters. The van der Waals surface area contributed by atoms with Crippen molar-refractivity contribution >= 4 is 16.8 Å². The molecule has 0 amide bonds. The summed E-state index contributed by atoms with van der Waals surface area (Å²) in [6.07, 6.45) is 3.37. The second-order valence-electron chi connectivity index (χ2n) is 4.68. The van der Waals surface area contributed by atoms with Crippen molar-refractivity contribution in [2.45, 2.75) is 6.54 Å². The van der Waals surface area contributed by atoms with Gasteiger partial charge in [-0.3, -0.25) is 9.30 Å². The molecule has 0 spiro atoms. The van der Waals surface area contributed by atoms with Crippen LogP contribution < -0.4 is 5.32 Å². The highest BCUT2D eigenvalue weighted by molar-refractivity contribution is 5.84. The van der Waals surface area contributed by atoms with Gasteiger partial charge in [0.2, 0.25) is 0 Å². The molecule has 1 aliphatic heterocycles. The first-order chi connectivity index (χ1) is 9.42. The van der Waals surface area contributed by atoms with Gasteiger partial charge in [0.1, 0.15) is 11.8 Å². The maximum atomic E-state index is 4.31. The predicted molar refractivity (Wildman–Crippen MR) is 68.6 cm³/mol. The normalized spacial score (nSPS) is 17.5. The number of H-pyrrole nitrogens is 1. The fourth-order valence-electron chi connectivity index (χ4n) is 2.45. The zero-order chi connectivity index (χ0) is 12.7. The first-order valence-electron chi connectivity index (χ1n) is 6.36. The molecule has 4 heterocycles. The molecule has 4 rings (SSSR count). The molecule has 8 heteroatoms. The van der Waals surface area contributed by atoms with Gasteiger partial charge in [0.05, 0.1) is 12.9 Å². The number of nitrogens with zero attached hydrogens (tertiary/aromatic N) is 6. The van der Waals surface area contributed by atoms with Gasteiger partial charge >= 0.3 is 0 Å². The number of aromatic nitrogens is 6. The van der Waals surface area contributed by atoms with Gasteiger partial charge in [-0.05, 0) is 0 Å². The fourth-order valence-corrected chi connectivity index (χ4v) is 2.45. The summed E-state index contributed by atoms with van der Waals surface area (Å²) < 4.78 is 1.93. The Morgan fingerprint density at radius 1 is 1.16 bits per heavy atom. The lowest BCUT2D eigenvalue weighted by atomic mass is 10.3. The third kappa shape index (κ3) is 1.76. The van der Waals surface area contributed by atoms with Gasteiger partial charge in [0.15, 0.2) is 17.1 Å². The van der Waals surface area contributed by atoms with Crippen LogP contribution in [0.2, 0.25) is 0 Å². The minimum absolute atomic E-state index is 0.675. The Bertz CT molecular complexity index is 708. The number of imidazole rings is 1. The van der Waals surface area contributed by atoms with Crippen LogP contribution in [0.1, 0.15) is 5.82 Å². The molecule has 8 nitrogen and oxygen atoms in total. The van der Waals surface area contributed by atoms with Crippen molar-refractivity contribution in [3.63, 3.8) is 0 Å². The Hall–Kier alpha value is -2.06. The summed E-state index contributed by atoms with van der Waals surface area (Å²) in [5, 5.41) is 11.9. The topological polar surface area (TPSA) is 87.0 Å². The molecule has 19 heavy (non-hydrogen) atoms. The van der Waals surface area contributed by atoms with Crippen molar-refractivity contribution < 1.29 is 0 Å². The van der Waals surface area contributed by atoms with Crippen LogP contribution in [0.25, 0.3) is 16.8 Å². The quantitative estimate of drug-likeness (QED) is 0.638. The van der Waals surface area contributed by atoms with Gasteiger partial charge in [0.25, 0.3) is 0 Å². The zero-order valence-electron chi connectivity index (χ0n) is 10.4. The van der Waals surface area contributed by atoms with Gasteiger partial charge in [-0.15, -0.1) is 10.2 Å². The van der Waals surface area contributed by atoms with E-state index in [1.54, 1.807) is 12.7 Å². The Balaban J connectivity index is 1.73. The average Bonchev–Trinajstić information content (AvgIpc) is 3.06.